The predicted molar refractivity (Wildman–Crippen MR) is 83.9 cm³/mol. The lowest BCUT2D eigenvalue weighted by Gasteiger charge is -2.34. The van der Waals surface area contributed by atoms with Gasteiger partial charge in [-0.05, 0) is 19.1 Å². The van der Waals surface area contributed by atoms with Crippen molar-refractivity contribution in [1.29, 1.82) is 0 Å². The lowest BCUT2D eigenvalue weighted by Crippen LogP contribution is -2.53. The van der Waals surface area contributed by atoms with Gasteiger partial charge in [-0.25, -0.2) is 4.79 Å². The largest absolute Gasteiger partial charge is 0.336 e. The number of imidazole rings is 1. The number of aromatic nitrogens is 2. The Balaban J connectivity index is 0.00000161. The summed E-state index contributed by atoms with van der Waals surface area (Å²) < 4.78 is 1.51. The maximum Gasteiger partial charge on any atom is 0.326 e. The van der Waals surface area contributed by atoms with Gasteiger partial charge < -0.3 is 15.2 Å². The summed E-state index contributed by atoms with van der Waals surface area (Å²) in [6.07, 6.45) is 0. The third-order valence-electron chi connectivity index (χ3n) is 3.80. The molecule has 0 saturated carbocycles. The number of carbonyl (C=O) groups is 1. The number of rotatable bonds is 2. The van der Waals surface area contributed by atoms with Gasteiger partial charge in [0.1, 0.15) is 6.54 Å². The lowest BCUT2D eigenvalue weighted by molar-refractivity contribution is -0.134. The SMILES string of the molecule is C[C@@H]1CNCCN1C(=O)Cn1c(=O)[nH]c2ccccc21.Cl. The van der Waals surface area contributed by atoms with Crippen molar-refractivity contribution in [2.75, 3.05) is 19.6 Å². The van der Waals surface area contributed by atoms with Gasteiger partial charge in [0, 0.05) is 25.7 Å². The lowest BCUT2D eigenvalue weighted by atomic mass is 10.2. The third-order valence-corrected chi connectivity index (χ3v) is 3.80. The second-order valence-electron chi connectivity index (χ2n) is 5.17. The van der Waals surface area contributed by atoms with Crippen molar-refractivity contribution >= 4 is 29.3 Å². The molecule has 0 spiro atoms. The standard InChI is InChI=1S/C14H18N4O2.ClH/c1-10-8-15-6-7-17(10)13(19)9-18-12-5-3-2-4-11(12)16-14(18)20;/h2-5,10,15H,6-9H2,1H3,(H,16,20);1H/t10-;/m1./s1. The average Bonchev–Trinajstić information content (AvgIpc) is 2.76. The first kappa shape index (κ1) is 15.6. The maximum absolute atomic E-state index is 12.4. The van der Waals surface area contributed by atoms with Crippen LogP contribution in [0.25, 0.3) is 11.0 Å². The van der Waals surface area contributed by atoms with Crippen molar-refractivity contribution in [1.82, 2.24) is 19.8 Å². The van der Waals surface area contributed by atoms with Crippen molar-refractivity contribution in [3.63, 3.8) is 0 Å². The molecule has 1 amide bonds. The molecule has 2 N–H and O–H groups in total. The first-order valence-electron chi connectivity index (χ1n) is 6.84. The number of amides is 1. The molecule has 2 heterocycles. The predicted octanol–water partition coefficient (Wildman–Crippen LogP) is 0.572. The Kier molecular flexibility index (Phi) is 4.69. The van der Waals surface area contributed by atoms with E-state index >= 15 is 0 Å². The number of halogens is 1. The molecule has 1 aliphatic heterocycles. The molecule has 1 aliphatic rings. The molecule has 0 unspecified atom stereocenters. The van der Waals surface area contributed by atoms with Crippen LogP contribution in [0.1, 0.15) is 6.92 Å². The molecule has 1 aromatic heterocycles. The fourth-order valence-corrected chi connectivity index (χ4v) is 2.70. The summed E-state index contributed by atoms with van der Waals surface area (Å²) in [6, 6.07) is 7.58. The minimum absolute atomic E-state index is 0. The van der Waals surface area contributed by atoms with E-state index in [1.54, 1.807) is 0 Å². The van der Waals surface area contributed by atoms with E-state index < -0.39 is 0 Å². The van der Waals surface area contributed by atoms with Crippen molar-refractivity contribution in [2.45, 2.75) is 19.5 Å². The van der Waals surface area contributed by atoms with Crippen LogP contribution < -0.4 is 11.0 Å². The van der Waals surface area contributed by atoms with Gasteiger partial charge in [0.05, 0.1) is 11.0 Å². The smallest absolute Gasteiger partial charge is 0.326 e. The number of fused-ring (bicyclic) bond motifs is 1. The first-order chi connectivity index (χ1) is 9.66. The van der Waals surface area contributed by atoms with Crippen molar-refractivity contribution in [2.24, 2.45) is 0 Å². The Labute approximate surface area is 128 Å². The van der Waals surface area contributed by atoms with Crippen LogP contribution in [0.3, 0.4) is 0 Å². The fraction of sp³-hybridized carbons (Fsp3) is 0.429. The molecule has 21 heavy (non-hydrogen) atoms. The molecule has 1 saturated heterocycles. The molecule has 7 heteroatoms. The monoisotopic (exact) mass is 310 g/mol. The number of benzene rings is 1. The van der Waals surface area contributed by atoms with Crippen molar-refractivity contribution < 1.29 is 4.79 Å². The van der Waals surface area contributed by atoms with Gasteiger partial charge in [-0.3, -0.25) is 9.36 Å². The quantitative estimate of drug-likeness (QED) is 0.852. The second-order valence-corrected chi connectivity index (χ2v) is 5.17. The van der Waals surface area contributed by atoms with Crippen LogP contribution in [0.15, 0.2) is 29.1 Å². The van der Waals surface area contributed by atoms with Crippen LogP contribution in [0.4, 0.5) is 0 Å². The number of aromatic amines is 1. The Morgan fingerprint density at radius 1 is 1.38 bits per heavy atom. The van der Waals surface area contributed by atoms with Crippen LogP contribution in [0.5, 0.6) is 0 Å². The van der Waals surface area contributed by atoms with Gasteiger partial charge in [-0.1, -0.05) is 12.1 Å². The summed E-state index contributed by atoms with van der Waals surface area (Å²) in [5.41, 5.74) is 1.30. The molecular formula is C14H19ClN4O2. The van der Waals surface area contributed by atoms with Crippen LogP contribution in [0.2, 0.25) is 0 Å². The highest BCUT2D eigenvalue weighted by molar-refractivity contribution is 5.85. The molecule has 0 radical (unpaired) electrons. The van der Waals surface area contributed by atoms with Gasteiger partial charge in [-0.15, -0.1) is 12.4 Å². The summed E-state index contributed by atoms with van der Waals surface area (Å²) in [6.45, 7) is 4.40. The second kappa shape index (κ2) is 6.32. The number of nitrogens with one attached hydrogen (secondary N) is 2. The summed E-state index contributed by atoms with van der Waals surface area (Å²) in [7, 11) is 0. The highest BCUT2D eigenvalue weighted by Crippen LogP contribution is 2.10. The molecule has 0 bridgehead atoms. The highest BCUT2D eigenvalue weighted by Gasteiger charge is 2.23. The summed E-state index contributed by atoms with van der Waals surface area (Å²) in [5.74, 6) is -0.00847. The van der Waals surface area contributed by atoms with Crippen LogP contribution in [-0.2, 0) is 11.3 Å². The number of hydrogen-bond acceptors (Lipinski definition) is 3. The van der Waals surface area contributed by atoms with Crippen LogP contribution >= 0.6 is 12.4 Å². The normalized spacial score (nSPS) is 18.5. The van der Waals surface area contributed by atoms with Gasteiger partial charge in [0.2, 0.25) is 5.91 Å². The third kappa shape index (κ3) is 2.96. The van der Waals surface area contributed by atoms with Crippen molar-refractivity contribution in [3.8, 4) is 0 Å². The Morgan fingerprint density at radius 2 is 2.14 bits per heavy atom. The topological polar surface area (TPSA) is 70.1 Å². The number of para-hydroxylation sites is 2. The molecule has 6 nitrogen and oxygen atoms in total. The fourth-order valence-electron chi connectivity index (χ4n) is 2.70. The van der Waals surface area contributed by atoms with Crippen molar-refractivity contribution in [3.05, 3.63) is 34.7 Å². The summed E-state index contributed by atoms with van der Waals surface area (Å²) >= 11 is 0. The molecular weight excluding hydrogens is 292 g/mol. The summed E-state index contributed by atoms with van der Waals surface area (Å²) in [5, 5.41) is 3.25. The Morgan fingerprint density at radius 3 is 2.90 bits per heavy atom. The zero-order chi connectivity index (χ0) is 14.1. The molecule has 0 aliphatic carbocycles. The van der Waals surface area contributed by atoms with Crippen LogP contribution in [0, 0.1) is 0 Å². The number of H-pyrrole nitrogens is 1. The zero-order valence-electron chi connectivity index (χ0n) is 11.8. The molecule has 114 valence electrons. The summed E-state index contributed by atoms with van der Waals surface area (Å²) in [4.78, 5) is 29.0. The zero-order valence-corrected chi connectivity index (χ0v) is 12.7. The molecule has 1 fully saturated rings. The van der Waals surface area contributed by atoms with Gasteiger partial charge in [-0.2, -0.15) is 0 Å². The van der Waals surface area contributed by atoms with Crippen LogP contribution in [-0.4, -0.2) is 46.0 Å². The minimum Gasteiger partial charge on any atom is -0.336 e. The Hall–Kier alpha value is -1.79. The van der Waals surface area contributed by atoms with E-state index in [1.165, 1.54) is 4.57 Å². The number of piperazine rings is 1. The number of carbonyl (C=O) groups excluding carboxylic acids is 1. The molecule has 2 aromatic rings. The van der Waals surface area contributed by atoms with E-state index in [2.05, 4.69) is 10.3 Å². The first-order valence-corrected chi connectivity index (χ1v) is 6.84. The molecule has 1 aromatic carbocycles. The van der Waals surface area contributed by atoms with E-state index in [0.29, 0.717) is 6.54 Å². The van der Waals surface area contributed by atoms with Gasteiger partial charge in [0.15, 0.2) is 0 Å². The minimum atomic E-state index is -0.234. The van der Waals surface area contributed by atoms with E-state index in [4.69, 9.17) is 0 Å². The maximum atomic E-state index is 12.4. The Bertz CT molecular complexity index is 694. The van der Waals surface area contributed by atoms with E-state index in [0.717, 1.165) is 24.1 Å². The van der Waals surface area contributed by atoms with E-state index in [-0.39, 0.29) is 36.6 Å². The molecule has 3 rings (SSSR count). The average molecular weight is 311 g/mol. The molecule has 1 atom stereocenters. The number of hydrogen-bond donors (Lipinski definition) is 2. The highest BCUT2D eigenvalue weighted by atomic mass is 35.5. The van der Waals surface area contributed by atoms with E-state index in [1.807, 2.05) is 36.1 Å². The van der Waals surface area contributed by atoms with Gasteiger partial charge >= 0.3 is 5.69 Å². The van der Waals surface area contributed by atoms with E-state index in [9.17, 15) is 9.59 Å². The number of nitrogens with zero attached hydrogens (tertiary/aromatic N) is 2. The van der Waals surface area contributed by atoms with Gasteiger partial charge in [0.25, 0.3) is 0 Å².